The Morgan fingerprint density at radius 1 is 0.817 bits per heavy atom. The number of phenols is 1. The number of phenolic OH excluding ortho intramolecular Hbond substituents is 1. The molecule has 3 saturated heterocycles. The lowest BCUT2D eigenvalue weighted by molar-refractivity contribution is -0.136. The van der Waals surface area contributed by atoms with Crippen LogP contribution in [0.1, 0.15) is 111 Å². The molecular formula is C48H48FN5O6. The van der Waals surface area contributed by atoms with Gasteiger partial charge in [-0.1, -0.05) is 30.3 Å². The van der Waals surface area contributed by atoms with Gasteiger partial charge in [-0.3, -0.25) is 39.1 Å². The van der Waals surface area contributed by atoms with Crippen LogP contribution in [0.3, 0.4) is 0 Å². The van der Waals surface area contributed by atoms with Crippen molar-refractivity contribution in [2.75, 3.05) is 31.1 Å². The number of nitrogens with zero attached hydrogens (tertiary/aromatic N) is 4. The maximum atomic E-state index is 13.9. The van der Waals surface area contributed by atoms with Crippen LogP contribution in [0.15, 0.2) is 78.9 Å². The highest BCUT2D eigenvalue weighted by molar-refractivity contribution is 6.23. The van der Waals surface area contributed by atoms with Crippen LogP contribution in [0, 0.1) is 11.2 Å². The SMILES string of the molecule is C[C@@H]1CC2(CCN(c3ccc([C@@H]4c5ccc(O)cc5CC[C@@H]4c4ccc(F)cc4)cc3)CC2)CN1C(=O)CN1Cc2cc3c(cc2C1)C(=O)N(C1CCC(=O)NC1=O)C3=O. The molecule has 5 aliphatic heterocycles. The first-order valence-electron chi connectivity index (χ1n) is 21.2. The quantitative estimate of drug-likeness (QED) is 0.227. The Morgan fingerprint density at radius 3 is 2.15 bits per heavy atom. The van der Waals surface area contributed by atoms with Crippen molar-refractivity contribution in [3.63, 3.8) is 0 Å². The molecule has 11 nitrogen and oxygen atoms in total. The predicted molar refractivity (Wildman–Crippen MR) is 221 cm³/mol. The third kappa shape index (κ3) is 6.65. The minimum atomic E-state index is -1.00. The number of piperidine rings is 2. The first-order chi connectivity index (χ1) is 28.9. The van der Waals surface area contributed by atoms with Gasteiger partial charge in [-0.05, 0) is 139 Å². The molecule has 4 aromatic carbocycles. The number of fused-ring (bicyclic) bond motifs is 3. The van der Waals surface area contributed by atoms with Gasteiger partial charge in [0.2, 0.25) is 17.7 Å². The van der Waals surface area contributed by atoms with Crippen molar-refractivity contribution in [1.29, 1.82) is 0 Å². The number of carbonyl (C=O) groups is 5. The number of nitrogens with one attached hydrogen (secondary N) is 1. The van der Waals surface area contributed by atoms with E-state index in [1.807, 2.05) is 24.3 Å². The van der Waals surface area contributed by atoms with E-state index in [1.54, 1.807) is 30.3 Å². The summed E-state index contributed by atoms with van der Waals surface area (Å²) in [6.45, 7) is 5.91. The number of aromatic hydroxyl groups is 1. The van der Waals surface area contributed by atoms with Gasteiger partial charge in [0.25, 0.3) is 11.8 Å². The Labute approximate surface area is 348 Å². The fourth-order valence-corrected chi connectivity index (χ4v) is 11.3. The van der Waals surface area contributed by atoms with E-state index in [1.165, 1.54) is 16.8 Å². The zero-order valence-electron chi connectivity index (χ0n) is 33.7. The van der Waals surface area contributed by atoms with E-state index in [2.05, 4.69) is 51.2 Å². The van der Waals surface area contributed by atoms with Crippen molar-refractivity contribution >= 4 is 35.2 Å². The van der Waals surface area contributed by atoms with Gasteiger partial charge in [0.15, 0.2) is 0 Å². The second kappa shape index (κ2) is 14.7. The standard InChI is InChI=1S/C48H48FN5O6/c1-28-23-48(27-53(28)43(57)26-51-24-32-21-39-40(22-33(32)25-51)47(60)54(46(39)59)41-14-15-42(56)50-45(41)58)16-18-52(19-17-48)35-9-4-30(5-10-35)44-37(29-2-7-34(49)8-3-29)12-6-31-20-36(55)11-13-38(31)44/h2-5,7-11,13,20-22,28,37,41,44,55H,6,12,14-19,23-27H2,1H3,(H,50,56,58)/t28-,37-,41?,44+/m1/s1. The van der Waals surface area contributed by atoms with Gasteiger partial charge < -0.3 is 14.9 Å². The summed E-state index contributed by atoms with van der Waals surface area (Å²) in [7, 11) is 0. The number of halogens is 1. The van der Waals surface area contributed by atoms with E-state index >= 15 is 0 Å². The zero-order valence-corrected chi connectivity index (χ0v) is 33.7. The van der Waals surface area contributed by atoms with Gasteiger partial charge in [0.05, 0.1) is 17.7 Å². The Balaban J connectivity index is 0.767. The molecule has 12 heteroatoms. The number of likely N-dealkylation sites (tertiary alicyclic amines) is 1. The molecule has 1 unspecified atom stereocenters. The maximum Gasteiger partial charge on any atom is 0.262 e. The van der Waals surface area contributed by atoms with E-state index in [0.29, 0.717) is 13.1 Å². The Hall–Kier alpha value is -5.88. The molecule has 1 aliphatic carbocycles. The number of anilines is 1. The summed E-state index contributed by atoms with van der Waals surface area (Å²) in [4.78, 5) is 72.4. The topological polar surface area (TPSA) is 131 Å². The van der Waals surface area contributed by atoms with Crippen LogP contribution in [0.4, 0.5) is 10.1 Å². The van der Waals surface area contributed by atoms with Crippen LogP contribution >= 0.6 is 0 Å². The van der Waals surface area contributed by atoms with Crippen molar-refractivity contribution in [2.45, 2.75) is 88.9 Å². The fraction of sp³-hybridized carbons (Fsp3) is 0.396. The number of aryl methyl sites for hydroxylation is 1. The van der Waals surface area contributed by atoms with E-state index < -0.39 is 29.7 Å². The van der Waals surface area contributed by atoms with E-state index in [0.717, 1.165) is 78.9 Å². The number of rotatable bonds is 6. The van der Waals surface area contributed by atoms with Crippen molar-refractivity contribution in [1.82, 2.24) is 20.0 Å². The average Bonchev–Trinajstić information content (AvgIpc) is 3.86. The van der Waals surface area contributed by atoms with Crippen molar-refractivity contribution in [3.05, 3.63) is 129 Å². The summed E-state index contributed by atoms with van der Waals surface area (Å²) in [5.41, 5.74) is 8.27. The second-order valence-corrected chi connectivity index (χ2v) is 18.0. The highest BCUT2D eigenvalue weighted by atomic mass is 19.1. The number of hydrogen-bond donors (Lipinski definition) is 2. The number of amides is 5. The molecule has 0 radical (unpaired) electrons. The largest absolute Gasteiger partial charge is 0.508 e. The summed E-state index contributed by atoms with van der Waals surface area (Å²) in [6, 6.07) is 24.1. The number of hydrogen-bond acceptors (Lipinski definition) is 8. The summed E-state index contributed by atoms with van der Waals surface area (Å²) in [6.07, 6.45) is 4.90. The maximum absolute atomic E-state index is 13.9. The molecule has 0 bridgehead atoms. The van der Waals surface area contributed by atoms with Crippen molar-refractivity contribution < 1.29 is 33.5 Å². The number of imide groups is 2. The summed E-state index contributed by atoms with van der Waals surface area (Å²) in [5, 5.41) is 12.5. The minimum Gasteiger partial charge on any atom is -0.508 e. The van der Waals surface area contributed by atoms with Crippen LogP contribution in [-0.4, -0.2) is 87.6 Å². The van der Waals surface area contributed by atoms with E-state index in [9.17, 15) is 33.5 Å². The lowest BCUT2D eigenvalue weighted by atomic mass is 9.69. The van der Waals surface area contributed by atoms with Gasteiger partial charge in [-0.2, -0.15) is 0 Å². The highest BCUT2D eigenvalue weighted by Crippen LogP contribution is 2.48. The molecule has 0 saturated carbocycles. The van der Waals surface area contributed by atoms with E-state index in [-0.39, 0.29) is 71.3 Å². The van der Waals surface area contributed by atoms with Crippen molar-refractivity contribution in [2.24, 2.45) is 5.41 Å². The lowest BCUT2D eigenvalue weighted by Gasteiger charge is -2.40. The van der Waals surface area contributed by atoms with Gasteiger partial charge in [0.1, 0.15) is 17.6 Å². The third-order valence-corrected chi connectivity index (χ3v) is 14.3. The zero-order chi connectivity index (χ0) is 41.4. The van der Waals surface area contributed by atoms with Crippen LogP contribution < -0.4 is 10.2 Å². The first-order valence-corrected chi connectivity index (χ1v) is 21.2. The van der Waals surface area contributed by atoms with Crippen LogP contribution in [0.5, 0.6) is 5.75 Å². The molecule has 60 heavy (non-hydrogen) atoms. The van der Waals surface area contributed by atoms with E-state index in [4.69, 9.17) is 0 Å². The van der Waals surface area contributed by atoms with Crippen LogP contribution in [-0.2, 0) is 33.9 Å². The minimum absolute atomic E-state index is 0.0646. The van der Waals surface area contributed by atoms with Gasteiger partial charge >= 0.3 is 0 Å². The molecule has 6 aliphatic rings. The summed E-state index contributed by atoms with van der Waals surface area (Å²) in [5.74, 6) is -1.68. The molecule has 4 atom stereocenters. The average molecular weight is 810 g/mol. The molecule has 10 rings (SSSR count). The first kappa shape index (κ1) is 38.3. The highest BCUT2D eigenvalue weighted by Gasteiger charge is 2.47. The molecule has 1 spiro atoms. The Morgan fingerprint density at radius 2 is 1.48 bits per heavy atom. The molecular weight excluding hydrogens is 762 g/mol. The normalized spacial score (nSPS) is 24.8. The molecule has 3 fully saturated rings. The smallest absolute Gasteiger partial charge is 0.262 e. The van der Waals surface area contributed by atoms with Crippen LogP contribution in [0.25, 0.3) is 0 Å². The lowest BCUT2D eigenvalue weighted by Crippen LogP contribution is -2.54. The monoisotopic (exact) mass is 809 g/mol. The molecule has 0 aromatic heterocycles. The van der Waals surface area contributed by atoms with Crippen molar-refractivity contribution in [3.8, 4) is 5.75 Å². The van der Waals surface area contributed by atoms with Gasteiger partial charge in [-0.25, -0.2) is 4.39 Å². The fourth-order valence-electron chi connectivity index (χ4n) is 11.3. The molecule has 5 amide bonds. The number of benzene rings is 4. The summed E-state index contributed by atoms with van der Waals surface area (Å²) < 4.78 is 13.9. The van der Waals surface area contributed by atoms with Gasteiger partial charge in [-0.15, -0.1) is 0 Å². The Kier molecular flexibility index (Phi) is 9.38. The molecule has 308 valence electrons. The molecule has 4 aromatic rings. The van der Waals surface area contributed by atoms with Crippen LogP contribution in [0.2, 0.25) is 0 Å². The Bertz CT molecular complexity index is 2400. The number of carbonyl (C=O) groups excluding carboxylic acids is 5. The molecule has 2 N–H and O–H groups in total. The molecule has 5 heterocycles. The third-order valence-electron chi connectivity index (χ3n) is 14.3. The predicted octanol–water partition coefficient (Wildman–Crippen LogP) is 6.02. The van der Waals surface area contributed by atoms with Gasteiger partial charge in [0, 0.05) is 56.8 Å². The second-order valence-electron chi connectivity index (χ2n) is 18.0. The summed E-state index contributed by atoms with van der Waals surface area (Å²) >= 11 is 0.